The van der Waals surface area contributed by atoms with Gasteiger partial charge in [0.1, 0.15) is 17.2 Å². The summed E-state index contributed by atoms with van der Waals surface area (Å²) in [4.78, 5) is 0. The van der Waals surface area contributed by atoms with Gasteiger partial charge in [-0.25, -0.2) is 0 Å². The maximum Gasteiger partial charge on any atom is 0.720 e. The van der Waals surface area contributed by atoms with E-state index >= 15 is 0 Å². The Morgan fingerprint density at radius 1 is 0.486 bits per heavy atom. The summed E-state index contributed by atoms with van der Waals surface area (Å²) in [5, 5.41) is -0.559. The third-order valence-electron chi connectivity index (χ3n) is 7.94. The highest BCUT2D eigenvalue weighted by molar-refractivity contribution is 6.72. The average molecular weight is 485 g/mol. The van der Waals surface area contributed by atoms with E-state index in [0.717, 1.165) is 17.2 Å². The first-order chi connectivity index (χ1) is 16.2. The molecule has 0 saturated heterocycles. The molecule has 3 aromatic rings. The first-order valence-corrected chi connectivity index (χ1v) is 14.4. The Morgan fingerprint density at radius 2 is 0.771 bits per heavy atom. The number of benzene rings is 3. The van der Waals surface area contributed by atoms with E-state index in [2.05, 4.69) is 117 Å². The summed E-state index contributed by atoms with van der Waals surface area (Å²) < 4.78 is 20.4. The molecule has 182 valence electrons. The van der Waals surface area contributed by atoms with E-state index in [1.807, 2.05) is 0 Å². The molecule has 3 aliphatic rings. The van der Waals surface area contributed by atoms with Gasteiger partial charge in [-0.3, -0.25) is 0 Å². The Kier molecular flexibility index (Phi) is 4.24. The van der Waals surface area contributed by atoms with Gasteiger partial charge in [0.15, 0.2) is 5.04 Å². The molecule has 0 bridgehead atoms. The molecule has 0 fully saturated rings. The van der Waals surface area contributed by atoms with Crippen LogP contribution in [-0.4, -0.2) is 8.80 Å². The van der Waals surface area contributed by atoms with Gasteiger partial charge in [0.2, 0.25) is 0 Å². The van der Waals surface area contributed by atoms with E-state index in [9.17, 15) is 0 Å². The molecule has 3 aliphatic heterocycles. The van der Waals surface area contributed by atoms with Gasteiger partial charge in [0.25, 0.3) is 0 Å². The summed E-state index contributed by atoms with van der Waals surface area (Å²) in [6.07, 6.45) is 0. The van der Waals surface area contributed by atoms with Crippen molar-refractivity contribution in [2.24, 2.45) is 0 Å². The van der Waals surface area contributed by atoms with Crippen molar-refractivity contribution in [2.75, 3.05) is 0 Å². The lowest BCUT2D eigenvalue weighted by molar-refractivity contribution is 0.287. The highest BCUT2D eigenvalue weighted by Gasteiger charge is 2.82. The first kappa shape index (κ1) is 22.7. The van der Waals surface area contributed by atoms with Gasteiger partial charge < -0.3 is 13.3 Å². The average Bonchev–Trinajstić information content (AvgIpc) is 3.27. The third-order valence-corrected chi connectivity index (χ3v) is 11.1. The summed E-state index contributed by atoms with van der Waals surface area (Å²) in [6, 6.07) is 20.0. The Hall–Kier alpha value is -2.72. The molecule has 35 heavy (non-hydrogen) atoms. The summed E-state index contributed by atoms with van der Waals surface area (Å²) in [7, 11) is -3.25. The number of rotatable bonds is 0. The molecule has 0 atom stereocenters. The maximum absolute atomic E-state index is 6.81. The predicted molar refractivity (Wildman–Crippen MR) is 143 cm³/mol. The van der Waals surface area contributed by atoms with Crippen LogP contribution >= 0.6 is 0 Å². The summed E-state index contributed by atoms with van der Waals surface area (Å²) in [5.74, 6) is 2.68. The lowest BCUT2D eigenvalue weighted by Crippen LogP contribution is -2.60. The van der Waals surface area contributed by atoms with Crippen LogP contribution in [0.4, 0.5) is 0 Å². The van der Waals surface area contributed by atoms with Gasteiger partial charge >= 0.3 is 8.80 Å². The van der Waals surface area contributed by atoms with Gasteiger partial charge in [0, 0.05) is 16.7 Å². The lowest BCUT2D eigenvalue weighted by atomic mass is 9.76. The monoisotopic (exact) mass is 484 g/mol. The zero-order chi connectivity index (χ0) is 25.2. The van der Waals surface area contributed by atoms with E-state index in [-0.39, 0.29) is 16.2 Å². The minimum atomic E-state index is -3.25. The molecule has 0 N–H and O–H groups in total. The van der Waals surface area contributed by atoms with E-state index < -0.39 is 13.8 Å². The molecule has 3 aromatic carbocycles. The molecule has 0 amide bonds. The largest absolute Gasteiger partial charge is 0.720 e. The van der Waals surface area contributed by atoms with Gasteiger partial charge in [-0.05, 0) is 51.1 Å². The van der Waals surface area contributed by atoms with Crippen LogP contribution in [0.2, 0.25) is 0 Å². The van der Waals surface area contributed by atoms with Gasteiger partial charge in [-0.15, -0.1) is 0 Å². The Bertz CT molecular complexity index is 1220. The van der Waals surface area contributed by atoms with E-state index in [1.165, 1.54) is 33.4 Å². The van der Waals surface area contributed by atoms with Crippen molar-refractivity contribution in [3.63, 3.8) is 0 Å². The molecular formula is C31H36O3Si. The summed E-state index contributed by atoms with van der Waals surface area (Å²) >= 11 is 0. The fourth-order valence-corrected chi connectivity index (χ4v) is 9.35. The second kappa shape index (κ2) is 6.53. The van der Waals surface area contributed by atoms with Crippen LogP contribution in [0, 0.1) is 0 Å². The van der Waals surface area contributed by atoms with Crippen LogP contribution in [0.25, 0.3) is 0 Å². The second-order valence-electron chi connectivity index (χ2n) is 13.5. The van der Waals surface area contributed by atoms with Crippen molar-refractivity contribution < 1.29 is 13.3 Å². The van der Waals surface area contributed by atoms with Crippen molar-refractivity contribution in [1.82, 2.24) is 0 Å². The Balaban J connectivity index is 1.73. The first-order valence-electron chi connectivity index (χ1n) is 12.7. The van der Waals surface area contributed by atoms with E-state index in [4.69, 9.17) is 13.3 Å². The molecule has 0 aliphatic carbocycles. The third kappa shape index (κ3) is 2.89. The van der Waals surface area contributed by atoms with Gasteiger partial charge in [-0.2, -0.15) is 0 Å². The predicted octanol–water partition coefficient (Wildman–Crippen LogP) is 7.57. The lowest BCUT2D eigenvalue weighted by Gasteiger charge is -2.28. The maximum atomic E-state index is 6.81. The van der Waals surface area contributed by atoms with Crippen LogP contribution in [0.15, 0.2) is 54.6 Å². The fourth-order valence-electron chi connectivity index (χ4n) is 5.79. The van der Waals surface area contributed by atoms with Crippen LogP contribution in [0.5, 0.6) is 17.2 Å². The van der Waals surface area contributed by atoms with E-state index in [1.54, 1.807) is 0 Å². The molecule has 0 unspecified atom stereocenters. The minimum Gasteiger partial charge on any atom is -0.482 e. The summed E-state index contributed by atoms with van der Waals surface area (Å²) in [5.41, 5.74) is 7.49. The molecule has 0 radical (unpaired) electrons. The smallest absolute Gasteiger partial charge is 0.482 e. The number of fused-ring (bicyclic) bond motifs is 3. The topological polar surface area (TPSA) is 27.7 Å². The molecule has 0 aromatic heterocycles. The van der Waals surface area contributed by atoms with Crippen LogP contribution < -0.4 is 13.3 Å². The van der Waals surface area contributed by atoms with Crippen LogP contribution in [0.3, 0.4) is 0 Å². The molecule has 3 heterocycles. The molecule has 4 heteroatoms. The van der Waals surface area contributed by atoms with Crippen molar-refractivity contribution in [3.05, 3.63) is 88.0 Å². The normalized spacial score (nSPS) is 23.9. The van der Waals surface area contributed by atoms with Crippen LogP contribution in [-0.2, 0) is 21.3 Å². The molecule has 3 nitrogen and oxygen atoms in total. The van der Waals surface area contributed by atoms with Gasteiger partial charge in [0.05, 0.1) is 0 Å². The quantitative estimate of drug-likeness (QED) is 0.308. The highest BCUT2D eigenvalue weighted by atomic mass is 28.4. The summed E-state index contributed by atoms with van der Waals surface area (Å²) in [6.45, 7) is 20.4. The Labute approximate surface area is 210 Å². The number of hydrogen-bond acceptors (Lipinski definition) is 3. The van der Waals surface area contributed by atoms with Crippen molar-refractivity contribution >= 4 is 8.80 Å². The molecule has 0 spiro atoms. The molecular weight excluding hydrogens is 448 g/mol. The second-order valence-corrected chi connectivity index (χ2v) is 16.0. The van der Waals surface area contributed by atoms with Crippen molar-refractivity contribution in [3.8, 4) is 17.2 Å². The molecule has 0 saturated carbocycles. The Morgan fingerprint density at radius 3 is 1.03 bits per heavy atom. The standard InChI is InChI=1S/C31H36O3Si/c1-28(2,3)19-10-13-25-22(16-19)31-23-17-20(29(4,5)6)11-14-26(23)33-35(31,32-25)34-27-15-12-21(18-24(27)31)30(7,8)9/h10-18H,1-9H3. The zero-order valence-corrected chi connectivity index (χ0v) is 23.4. The van der Waals surface area contributed by atoms with E-state index in [0.29, 0.717) is 0 Å². The highest BCUT2D eigenvalue weighted by Crippen LogP contribution is 2.66. The number of hydrogen-bond donors (Lipinski definition) is 0. The minimum absolute atomic E-state index is 0.0174. The van der Waals surface area contributed by atoms with Crippen LogP contribution in [0.1, 0.15) is 95.7 Å². The fraction of sp³-hybridized carbons (Fsp3) is 0.419. The van der Waals surface area contributed by atoms with Crippen molar-refractivity contribution in [2.45, 2.75) is 83.6 Å². The van der Waals surface area contributed by atoms with Crippen molar-refractivity contribution in [1.29, 1.82) is 0 Å². The SMILES string of the molecule is CC(C)(C)c1ccc2c(c1)C13c4cc(C(C)(C)C)ccc4O[Si]1(O2)Oc1ccc(C(C)(C)C)cc13. The van der Waals surface area contributed by atoms with Gasteiger partial charge in [-0.1, -0.05) is 98.7 Å². The molecule has 6 rings (SSSR count). The zero-order valence-electron chi connectivity index (χ0n) is 22.4.